The smallest absolute Gasteiger partial charge is 0.264 e. The third-order valence-corrected chi connectivity index (χ3v) is 4.54. The van der Waals surface area contributed by atoms with E-state index >= 15 is 0 Å². The molecule has 2 aromatic carbocycles. The van der Waals surface area contributed by atoms with Gasteiger partial charge in [0.05, 0.1) is 5.69 Å². The SMILES string of the molecule is O=C(COc1cccc2ccccc12)Nc1nc(-c2ccccn2)cs1. The van der Waals surface area contributed by atoms with Gasteiger partial charge in [-0.2, -0.15) is 0 Å². The number of ether oxygens (including phenoxy) is 1. The molecule has 0 fully saturated rings. The number of pyridine rings is 1. The highest BCUT2D eigenvalue weighted by molar-refractivity contribution is 7.14. The van der Waals surface area contributed by atoms with E-state index < -0.39 is 0 Å². The Morgan fingerprint density at radius 3 is 2.73 bits per heavy atom. The van der Waals surface area contributed by atoms with Gasteiger partial charge in [-0.3, -0.25) is 15.1 Å². The van der Waals surface area contributed by atoms with Crippen LogP contribution in [0, 0.1) is 0 Å². The van der Waals surface area contributed by atoms with Crippen molar-refractivity contribution in [2.45, 2.75) is 0 Å². The summed E-state index contributed by atoms with van der Waals surface area (Å²) in [5.41, 5.74) is 1.51. The number of rotatable bonds is 5. The zero-order valence-electron chi connectivity index (χ0n) is 13.8. The zero-order chi connectivity index (χ0) is 17.8. The summed E-state index contributed by atoms with van der Waals surface area (Å²) in [7, 11) is 0. The molecule has 0 aliphatic rings. The molecular weight excluding hydrogens is 346 g/mol. The Hall–Kier alpha value is -3.25. The van der Waals surface area contributed by atoms with Crippen molar-refractivity contribution in [2.75, 3.05) is 11.9 Å². The predicted molar refractivity (Wildman–Crippen MR) is 103 cm³/mol. The van der Waals surface area contributed by atoms with Crippen molar-refractivity contribution < 1.29 is 9.53 Å². The largest absolute Gasteiger partial charge is 0.483 e. The third-order valence-electron chi connectivity index (χ3n) is 3.79. The average Bonchev–Trinajstić information content (AvgIpc) is 3.15. The second kappa shape index (κ2) is 7.33. The molecule has 26 heavy (non-hydrogen) atoms. The fourth-order valence-corrected chi connectivity index (χ4v) is 3.30. The summed E-state index contributed by atoms with van der Waals surface area (Å²) in [4.78, 5) is 20.8. The maximum absolute atomic E-state index is 12.2. The molecule has 0 unspecified atom stereocenters. The minimum absolute atomic E-state index is 0.0769. The van der Waals surface area contributed by atoms with E-state index in [0.717, 1.165) is 22.2 Å². The standard InChI is InChI=1S/C20H15N3O2S/c24-19(12-25-18-10-5-7-14-6-1-2-8-15(14)18)23-20-22-17(13-26-20)16-9-3-4-11-21-16/h1-11,13H,12H2,(H,22,23,24). The highest BCUT2D eigenvalue weighted by atomic mass is 32.1. The highest BCUT2D eigenvalue weighted by Gasteiger charge is 2.10. The van der Waals surface area contributed by atoms with E-state index in [1.54, 1.807) is 6.20 Å². The van der Waals surface area contributed by atoms with Crippen molar-refractivity contribution in [3.63, 3.8) is 0 Å². The number of thiazole rings is 1. The van der Waals surface area contributed by atoms with Gasteiger partial charge in [0.2, 0.25) is 0 Å². The second-order valence-corrected chi connectivity index (χ2v) is 6.43. The molecule has 128 valence electrons. The van der Waals surface area contributed by atoms with Crippen LogP contribution in [0.15, 0.2) is 72.2 Å². The molecule has 0 aliphatic carbocycles. The predicted octanol–water partition coefficient (Wildman–Crippen LogP) is 4.38. The van der Waals surface area contributed by atoms with E-state index in [0.29, 0.717) is 10.9 Å². The molecule has 4 aromatic rings. The molecule has 0 spiro atoms. The Balaban J connectivity index is 1.41. The summed E-state index contributed by atoms with van der Waals surface area (Å²) in [6.45, 7) is -0.0769. The monoisotopic (exact) mass is 361 g/mol. The summed E-state index contributed by atoms with van der Waals surface area (Å²) in [6, 6.07) is 19.3. The topological polar surface area (TPSA) is 64.1 Å². The van der Waals surface area contributed by atoms with E-state index in [9.17, 15) is 4.79 Å². The summed E-state index contributed by atoms with van der Waals surface area (Å²) in [5.74, 6) is 0.436. The number of anilines is 1. The molecule has 4 rings (SSSR count). The van der Waals surface area contributed by atoms with Gasteiger partial charge in [-0.25, -0.2) is 4.98 Å². The van der Waals surface area contributed by atoms with Gasteiger partial charge in [0.25, 0.3) is 5.91 Å². The number of benzene rings is 2. The van der Waals surface area contributed by atoms with E-state index in [-0.39, 0.29) is 12.5 Å². The molecule has 1 N–H and O–H groups in total. The van der Waals surface area contributed by atoms with E-state index in [2.05, 4.69) is 15.3 Å². The molecule has 0 bridgehead atoms. The van der Waals surface area contributed by atoms with Gasteiger partial charge >= 0.3 is 0 Å². The normalized spacial score (nSPS) is 10.6. The molecule has 0 atom stereocenters. The van der Waals surface area contributed by atoms with Crippen molar-refractivity contribution in [1.82, 2.24) is 9.97 Å². The van der Waals surface area contributed by atoms with Crippen molar-refractivity contribution in [2.24, 2.45) is 0 Å². The van der Waals surface area contributed by atoms with Crippen molar-refractivity contribution >= 4 is 33.1 Å². The summed E-state index contributed by atoms with van der Waals surface area (Å²) < 4.78 is 5.70. The quantitative estimate of drug-likeness (QED) is 0.573. The van der Waals surface area contributed by atoms with Crippen LogP contribution in [0.25, 0.3) is 22.2 Å². The third kappa shape index (κ3) is 3.55. The molecule has 2 aromatic heterocycles. The summed E-state index contributed by atoms with van der Waals surface area (Å²) in [6.07, 6.45) is 1.71. The fraction of sp³-hybridized carbons (Fsp3) is 0.0500. The molecule has 1 amide bonds. The van der Waals surface area contributed by atoms with Crippen LogP contribution in [0.5, 0.6) is 5.75 Å². The summed E-state index contributed by atoms with van der Waals surface area (Å²) in [5, 5.41) is 7.21. The van der Waals surface area contributed by atoms with E-state index in [4.69, 9.17) is 4.74 Å². The number of fused-ring (bicyclic) bond motifs is 1. The number of hydrogen-bond acceptors (Lipinski definition) is 5. The lowest BCUT2D eigenvalue weighted by Gasteiger charge is -2.08. The molecular formula is C20H15N3O2S. The highest BCUT2D eigenvalue weighted by Crippen LogP contribution is 2.25. The number of hydrogen-bond donors (Lipinski definition) is 1. The van der Waals surface area contributed by atoms with Crippen LogP contribution in [-0.2, 0) is 4.79 Å². The number of nitrogens with one attached hydrogen (secondary N) is 1. The van der Waals surface area contributed by atoms with Crippen LogP contribution in [0.1, 0.15) is 0 Å². The van der Waals surface area contributed by atoms with Crippen molar-refractivity contribution in [1.29, 1.82) is 0 Å². The minimum Gasteiger partial charge on any atom is -0.483 e. The number of amides is 1. The van der Waals surface area contributed by atoms with Crippen LogP contribution >= 0.6 is 11.3 Å². The van der Waals surface area contributed by atoms with Gasteiger partial charge in [0, 0.05) is 17.0 Å². The molecule has 5 nitrogen and oxygen atoms in total. The van der Waals surface area contributed by atoms with Gasteiger partial charge in [-0.15, -0.1) is 11.3 Å². The van der Waals surface area contributed by atoms with E-state index in [1.807, 2.05) is 66.0 Å². The molecule has 0 aliphatic heterocycles. The molecule has 0 radical (unpaired) electrons. The van der Waals surface area contributed by atoms with Crippen molar-refractivity contribution in [3.8, 4) is 17.1 Å². The number of nitrogens with zero attached hydrogens (tertiary/aromatic N) is 2. The Kier molecular flexibility index (Phi) is 4.57. The maximum atomic E-state index is 12.2. The number of carbonyl (C=O) groups is 1. The van der Waals surface area contributed by atoms with E-state index in [1.165, 1.54) is 11.3 Å². The minimum atomic E-state index is -0.250. The van der Waals surface area contributed by atoms with Crippen LogP contribution in [-0.4, -0.2) is 22.5 Å². The van der Waals surface area contributed by atoms with Gasteiger partial charge in [0.15, 0.2) is 11.7 Å². The molecule has 6 heteroatoms. The first-order valence-corrected chi connectivity index (χ1v) is 8.95. The first kappa shape index (κ1) is 16.2. The Bertz CT molecular complexity index is 1040. The van der Waals surface area contributed by atoms with Gasteiger partial charge in [-0.05, 0) is 23.6 Å². The van der Waals surface area contributed by atoms with Crippen molar-refractivity contribution in [3.05, 3.63) is 72.2 Å². The molecule has 0 saturated heterocycles. The van der Waals surface area contributed by atoms with Crippen LogP contribution < -0.4 is 10.1 Å². The maximum Gasteiger partial charge on any atom is 0.264 e. The van der Waals surface area contributed by atoms with Gasteiger partial charge in [-0.1, -0.05) is 42.5 Å². The fourth-order valence-electron chi connectivity index (χ4n) is 2.58. The lowest BCUT2D eigenvalue weighted by atomic mass is 10.1. The first-order valence-electron chi connectivity index (χ1n) is 8.07. The van der Waals surface area contributed by atoms with Gasteiger partial charge < -0.3 is 4.74 Å². The molecule has 2 heterocycles. The van der Waals surface area contributed by atoms with Crippen LogP contribution in [0.3, 0.4) is 0 Å². The summed E-state index contributed by atoms with van der Waals surface area (Å²) >= 11 is 1.36. The van der Waals surface area contributed by atoms with Gasteiger partial charge in [0.1, 0.15) is 11.4 Å². The first-order chi connectivity index (χ1) is 12.8. The van der Waals surface area contributed by atoms with Crippen LogP contribution in [0.4, 0.5) is 5.13 Å². The molecule has 0 saturated carbocycles. The lowest BCUT2D eigenvalue weighted by Crippen LogP contribution is -2.20. The number of aromatic nitrogens is 2. The Morgan fingerprint density at radius 2 is 1.85 bits per heavy atom. The number of carbonyl (C=O) groups excluding carboxylic acids is 1. The van der Waals surface area contributed by atoms with Crippen LogP contribution in [0.2, 0.25) is 0 Å². The Labute approximate surface area is 154 Å². The Morgan fingerprint density at radius 1 is 1.00 bits per heavy atom. The lowest BCUT2D eigenvalue weighted by molar-refractivity contribution is -0.118. The average molecular weight is 361 g/mol. The zero-order valence-corrected chi connectivity index (χ0v) is 14.6. The second-order valence-electron chi connectivity index (χ2n) is 5.57.